The fourth-order valence-corrected chi connectivity index (χ4v) is 4.73. The zero-order valence-corrected chi connectivity index (χ0v) is 22.7. The SMILES string of the molecule is [3H]C(=O)NC(C(=O)CC(C(=O)N1CC(OCc2ccccc2)CC1C(=O)CC(C)CC)C(C)C)C(C)C. The molecule has 5 atom stereocenters. The van der Waals surface area contributed by atoms with Crippen molar-refractivity contribution in [1.82, 2.24) is 10.2 Å². The number of carbonyl (C=O) groups is 4. The molecule has 0 radical (unpaired) electrons. The molecule has 1 heterocycles. The Kier molecular flexibility index (Phi) is 11.1. The molecule has 7 heteroatoms. The van der Waals surface area contributed by atoms with Gasteiger partial charge in [0.2, 0.25) is 12.3 Å². The Bertz CT molecular complexity index is 920. The summed E-state index contributed by atoms with van der Waals surface area (Å²) in [4.78, 5) is 53.2. The van der Waals surface area contributed by atoms with Crippen molar-refractivity contribution < 1.29 is 25.3 Å². The molecule has 0 saturated carbocycles. The Labute approximate surface area is 217 Å². The first kappa shape index (κ1) is 28.0. The van der Waals surface area contributed by atoms with E-state index in [2.05, 4.69) is 5.32 Å². The average molecular weight is 503 g/mol. The average Bonchev–Trinajstić information content (AvgIpc) is 3.28. The maximum atomic E-state index is 13.9. The number of amides is 2. The summed E-state index contributed by atoms with van der Waals surface area (Å²) >= 11 is 0. The number of carbonyl (C=O) groups excluding carboxylic acids is 4. The maximum absolute atomic E-state index is 13.9. The predicted octanol–water partition coefficient (Wildman–Crippen LogP) is 4.18. The van der Waals surface area contributed by atoms with Crippen LogP contribution in [0.4, 0.5) is 0 Å². The second-order valence-electron chi connectivity index (χ2n) is 10.8. The Hall–Kier alpha value is -2.54. The number of hydrogen-bond donors (Lipinski definition) is 1. The van der Waals surface area contributed by atoms with Gasteiger partial charge in [0.1, 0.15) is 1.37 Å². The van der Waals surface area contributed by atoms with E-state index in [9.17, 15) is 19.2 Å². The molecule has 2 rings (SSSR count). The molecule has 200 valence electrons. The molecule has 0 spiro atoms. The first-order valence-corrected chi connectivity index (χ1v) is 13.2. The molecule has 1 fully saturated rings. The Morgan fingerprint density at radius 1 is 1.11 bits per heavy atom. The van der Waals surface area contributed by atoms with Crippen LogP contribution >= 0.6 is 0 Å². The van der Waals surface area contributed by atoms with Crippen molar-refractivity contribution in [3.63, 3.8) is 0 Å². The first-order valence-electron chi connectivity index (χ1n) is 13.7. The van der Waals surface area contributed by atoms with E-state index < -0.39 is 24.4 Å². The smallest absolute Gasteiger partial charge is 0.227 e. The van der Waals surface area contributed by atoms with Crippen molar-refractivity contribution in [2.24, 2.45) is 23.7 Å². The standard InChI is InChI=1S/C29H44N2O5/c1-7-21(6)13-26(33)25-14-23(36-17-22-11-9-8-10-12-22)16-31(25)29(35)24(19(2)3)15-27(34)28(20(4)5)30-18-32/h8-12,18-21,23-25,28H,7,13-17H2,1-6H3,(H,30,32)/i18T. The Morgan fingerprint density at radius 3 is 2.33 bits per heavy atom. The van der Waals surface area contributed by atoms with Crippen molar-refractivity contribution >= 4 is 23.9 Å². The van der Waals surface area contributed by atoms with Crippen LogP contribution in [-0.2, 0) is 30.5 Å². The normalized spacial score (nSPS) is 20.7. The lowest BCUT2D eigenvalue weighted by Crippen LogP contribution is -2.47. The topological polar surface area (TPSA) is 92.8 Å². The molecular formula is C29H44N2O5. The van der Waals surface area contributed by atoms with Crippen LogP contribution in [0.15, 0.2) is 30.3 Å². The molecule has 1 saturated heterocycles. The molecule has 5 unspecified atom stereocenters. The third kappa shape index (κ3) is 8.26. The quantitative estimate of drug-likeness (QED) is 0.385. The van der Waals surface area contributed by atoms with Crippen molar-refractivity contribution in [2.75, 3.05) is 6.54 Å². The molecular weight excluding hydrogens is 456 g/mol. The van der Waals surface area contributed by atoms with Crippen LogP contribution in [0.5, 0.6) is 0 Å². The lowest BCUT2D eigenvalue weighted by molar-refractivity contribution is -0.144. The molecule has 0 bridgehead atoms. The minimum atomic E-state index is -1.02. The first-order chi connectivity index (χ1) is 17.4. The number of likely N-dealkylation sites (tertiary alicyclic amines) is 1. The summed E-state index contributed by atoms with van der Waals surface area (Å²) < 4.78 is 13.4. The van der Waals surface area contributed by atoms with E-state index in [0.717, 1.165) is 12.0 Å². The largest absolute Gasteiger partial charge is 0.372 e. The van der Waals surface area contributed by atoms with Gasteiger partial charge in [-0.2, -0.15) is 0 Å². The fraction of sp³-hybridized carbons (Fsp3) is 0.655. The Balaban J connectivity index is 2.23. The number of ketones is 2. The minimum absolute atomic E-state index is 0.0314. The highest BCUT2D eigenvalue weighted by molar-refractivity contribution is 5.94. The molecule has 1 aromatic carbocycles. The highest BCUT2D eigenvalue weighted by atomic mass is 16.5. The van der Waals surface area contributed by atoms with Crippen LogP contribution in [-0.4, -0.2) is 53.5 Å². The van der Waals surface area contributed by atoms with E-state index >= 15 is 0 Å². The molecule has 0 aliphatic carbocycles. The van der Waals surface area contributed by atoms with Crippen LogP contribution < -0.4 is 5.32 Å². The van der Waals surface area contributed by atoms with Crippen molar-refractivity contribution in [3.05, 3.63) is 35.9 Å². The van der Waals surface area contributed by atoms with Crippen molar-refractivity contribution in [2.45, 2.75) is 92.0 Å². The van der Waals surface area contributed by atoms with Gasteiger partial charge in [-0.3, -0.25) is 19.2 Å². The van der Waals surface area contributed by atoms with Crippen LogP contribution in [0.3, 0.4) is 0 Å². The number of hydrogen-bond acceptors (Lipinski definition) is 5. The molecule has 2 amide bonds. The van der Waals surface area contributed by atoms with E-state index in [4.69, 9.17) is 6.11 Å². The molecule has 0 aromatic heterocycles. The lowest BCUT2D eigenvalue weighted by Gasteiger charge is -2.31. The third-order valence-corrected chi connectivity index (χ3v) is 7.26. The van der Waals surface area contributed by atoms with Gasteiger partial charge in [-0.1, -0.05) is 78.3 Å². The van der Waals surface area contributed by atoms with Crippen LogP contribution in [0.2, 0.25) is 0 Å². The monoisotopic (exact) mass is 502 g/mol. The van der Waals surface area contributed by atoms with Crippen molar-refractivity contribution in [1.29, 1.82) is 0 Å². The number of nitrogens with zero attached hydrogens (tertiary/aromatic N) is 1. The van der Waals surface area contributed by atoms with Gasteiger partial charge < -0.3 is 15.0 Å². The van der Waals surface area contributed by atoms with Gasteiger partial charge in [0, 0.05) is 31.7 Å². The summed E-state index contributed by atoms with van der Waals surface area (Å²) in [6.07, 6.45) is 0.361. The minimum Gasteiger partial charge on any atom is -0.372 e. The van der Waals surface area contributed by atoms with Crippen LogP contribution in [0.25, 0.3) is 0 Å². The van der Waals surface area contributed by atoms with Crippen LogP contribution in [0.1, 0.15) is 74.2 Å². The number of rotatable bonds is 14. The van der Waals surface area contributed by atoms with E-state index in [1.54, 1.807) is 18.7 Å². The van der Waals surface area contributed by atoms with E-state index in [1.165, 1.54) is 0 Å². The molecule has 1 aliphatic heterocycles. The van der Waals surface area contributed by atoms with Gasteiger partial charge in [0.15, 0.2) is 11.6 Å². The fourth-order valence-electron chi connectivity index (χ4n) is 4.73. The van der Waals surface area contributed by atoms with E-state index in [1.807, 2.05) is 58.0 Å². The molecule has 36 heavy (non-hydrogen) atoms. The van der Waals surface area contributed by atoms with Crippen LogP contribution in [0, 0.1) is 23.7 Å². The summed E-state index contributed by atoms with van der Waals surface area (Å²) in [6, 6.07) is 8.37. The highest BCUT2D eigenvalue weighted by Gasteiger charge is 2.43. The van der Waals surface area contributed by atoms with Gasteiger partial charge in [-0.25, -0.2) is 0 Å². The maximum Gasteiger partial charge on any atom is 0.227 e. The summed E-state index contributed by atoms with van der Waals surface area (Å²) in [5.41, 5.74) is 1.02. The summed E-state index contributed by atoms with van der Waals surface area (Å²) in [5.74, 6) is -1.25. The third-order valence-electron chi connectivity index (χ3n) is 7.26. The predicted molar refractivity (Wildman–Crippen MR) is 140 cm³/mol. The van der Waals surface area contributed by atoms with E-state index in [-0.39, 0.29) is 47.8 Å². The number of benzene rings is 1. The summed E-state index contributed by atoms with van der Waals surface area (Å²) in [6.45, 7) is 12.1. The summed E-state index contributed by atoms with van der Waals surface area (Å²) in [5, 5.41) is 2.41. The zero-order chi connectivity index (χ0) is 27.7. The van der Waals surface area contributed by atoms with Gasteiger partial charge in [0.05, 0.1) is 24.8 Å². The number of ether oxygens (including phenoxy) is 1. The number of nitrogens with one attached hydrogen (secondary N) is 1. The summed E-state index contributed by atoms with van der Waals surface area (Å²) in [7, 11) is 0. The van der Waals surface area contributed by atoms with Crippen molar-refractivity contribution in [3.8, 4) is 0 Å². The van der Waals surface area contributed by atoms with Gasteiger partial charge in [0.25, 0.3) is 0 Å². The Morgan fingerprint density at radius 2 is 1.78 bits per heavy atom. The number of Topliss-reactive ketones (excluding diaryl/α,β-unsaturated/α-hetero) is 2. The van der Waals surface area contributed by atoms with Gasteiger partial charge >= 0.3 is 0 Å². The van der Waals surface area contributed by atoms with E-state index in [0.29, 0.717) is 26.0 Å². The van der Waals surface area contributed by atoms with Gasteiger partial charge in [-0.05, 0) is 23.3 Å². The second kappa shape index (κ2) is 14.3. The molecule has 1 N–H and O–H groups in total. The zero-order valence-electron chi connectivity index (χ0n) is 23.7. The molecule has 1 aliphatic rings. The highest BCUT2D eigenvalue weighted by Crippen LogP contribution is 2.30. The second-order valence-corrected chi connectivity index (χ2v) is 10.8. The van der Waals surface area contributed by atoms with Gasteiger partial charge in [-0.15, -0.1) is 0 Å². The molecule has 7 nitrogen and oxygen atoms in total. The lowest BCUT2D eigenvalue weighted by atomic mass is 9.85. The molecule has 1 aromatic rings.